The van der Waals surface area contributed by atoms with Gasteiger partial charge in [0.25, 0.3) is 0 Å². The lowest BCUT2D eigenvalue weighted by Crippen LogP contribution is -2.34. The van der Waals surface area contributed by atoms with Gasteiger partial charge in [-0.25, -0.2) is 4.39 Å². The molecule has 6 heteroatoms. The van der Waals surface area contributed by atoms with Crippen LogP contribution in [0.15, 0.2) is 35.3 Å². The number of ether oxygens (including phenoxy) is 1. The number of amides is 1. The Morgan fingerprint density at radius 3 is 3.05 bits per heavy atom. The summed E-state index contributed by atoms with van der Waals surface area (Å²) in [6.45, 7) is 1.32. The molecular formula is C16H17FN2O3. The Balaban J connectivity index is 1.74. The lowest BCUT2D eigenvalue weighted by molar-refractivity contribution is -0.122. The summed E-state index contributed by atoms with van der Waals surface area (Å²) in [4.78, 5) is 23.8. The van der Waals surface area contributed by atoms with Gasteiger partial charge in [0.2, 0.25) is 5.91 Å². The molecular weight excluding hydrogens is 287 g/mol. The van der Waals surface area contributed by atoms with Gasteiger partial charge in [0, 0.05) is 30.8 Å². The largest absolute Gasteiger partial charge is 0.376 e. The summed E-state index contributed by atoms with van der Waals surface area (Å²) in [6, 6.07) is 5.33. The molecule has 1 aromatic carbocycles. The number of pyridine rings is 1. The van der Waals surface area contributed by atoms with E-state index in [2.05, 4.69) is 5.32 Å². The molecule has 2 aromatic rings. The Kier molecular flexibility index (Phi) is 4.20. The predicted molar refractivity (Wildman–Crippen MR) is 80.1 cm³/mol. The molecule has 5 nitrogen and oxygen atoms in total. The van der Waals surface area contributed by atoms with Crippen LogP contribution in [0.2, 0.25) is 0 Å². The number of rotatable bonds is 4. The van der Waals surface area contributed by atoms with E-state index in [1.165, 1.54) is 24.3 Å². The first-order valence-electron chi connectivity index (χ1n) is 7.30. The van der Waals surface area contributed by atoms with Crippen molar-refractivity contribution in [2.45, 2.75) is 25.5 Å². The number of nitrogens with one attached hydrogen (secondary N) is 1. The molecule has 0 bridgehead atoms. The number of benzene rings is 1. The van der Waals surface area contributed by atoms with Crippen molar-refractivity contribution in [2.24, 2.45) is 0 Å². The van der Waals surface area contributed by atoms with Crippen LogP contribution in [0, 0.1) is 5.82 Å². The average molecular weight is 304 g/mol. The summed E-state index contributed by atoms with van der Waals surface area (Å²) in [6.07, 6.45) is 3.62. The smallest absolute Gasteiger partial charge is 0.240 e. The number of nitrogens with zero attached hydrogens (tertiary/aromatic N) is 1. The van der Waals surface area contributed by atoms with Crippen LogP contribution in [0.4, 0.5) is 4.39 Å². The van der Waals surface area contributed by atoms with Gasteiger partial charge in [-0.1, -0.05) is 0 Å². The van der Waals surface area contributed by atoms with E-state index in [9.17, 15) is 14.0 Å². The van der Waals surface area contributed by atoms with Gasteiger partial charge in [-0.15, -0.1) is 0 Å². The van der Waals surface area contributed by atoms with Crippen LogP contribution in [0.25, 0.3) is 10.9 Å². The standard InChI is InChI=1S/C16H17FN2O3/c17-11-3-4-14-13(8-11)15(20)5-6-19(14)10-16(21)18-9-12-2-1-7-22-12/h3-6,8,12H,1-2,7,9-10H2,(H,18,21)/t12-/m1/s1. The quantitative estimate of drug-likeness (QED) is 0.929. The fraction of sp³-hybridized carbons (Fsp3) is 0.375. The second-order valence-corrected chi connectivity index (χ2v) is 5.41. The fourth-order valence-electron chi connectivity index (χ4n) is 2.67. The first-order valence-corrected chi connectivity index (χ1v) is 7.30. The van der Waals surface area contributed by atoms with Crippen molar-refractivity contribution in [3.05, 3.63) is 46.5 Å². The zero-order chi connectivity index (χ0) is 15.5. The summed E-state index contributed by atoms with van der Waals surface area (Å²) >= 11 is 0. The summed E-state index contributed by atoms with van der Waals surface area (Å²) in [5.74, 6) is -0.630. The SMILES string of the molecule is O=C(Cn1ccc(=O)c2cc(F)ccc21)NC[C@H]1CCCO1. The highest BCUT2D eigenvalue weighted by Crippen LogP contribution is 2.12. The molecule has 1 atom stereocenters. The molecule has 0 aliphatic carbocycles. The summed E-state index contributed by atoms with van der Waals surface area (Å²) in [7, 11) is 0. The number of carbonyl (C=O) groups excluding carboxylic acids is 1. The van der Waals surface area contributed by atoms with Gasteiger partial charge < -0.3 is 14.6 Å². The van der Waals surface area contributed by atoms with Gasteiger partial charge in [0.05, 0.1) is 11.6 Å². The third kappa shape index (κ3) is 3.17. The van der Waals surface area contributed by atoms with Crippen LogP contribution in [0.1, 0.15) is 12.8 Å². The second-order valence-electron chi connectivity index (χ2n) is 5.41. The maximum absolute atomic E-state index is 13.3. The van der Waals surface area contributed by atoms with Gasteiger partial charge in [0.15, 0.2) is 5.43 Å². The van der Waals surface area contributed by atoms with E-state index < -0.39 is 5.82 Å². The van der Waals surface area contributed by atoms with E-state index in [0.717, 1.165) is 19.4 Å². The molecule has 1 aliphatic rings. The molecule has 3 rings (SSSR count). The van der Waals surface area contributed by atoms with Crippen LogP contribution < -0.4 is 10.7 Å². The lowest BCUT2D eigenvalue weighted by atomic mass is 10.2. The molecule has 1 saturated heterocycles. The van der Waals surface area contributed by atoms with Gasteiger partial charge in [0.1, 0.15) is 12.4 Å². The molecule has 2 heterocycles. The highest BCUT2D eigenvalue weighted by atomic mass is 19.1. The zero-order valence-electron chi connectivity index (χ0n) is 12.0. The minimum absolute atomic E-state index is 0.0785. The monoisotopic (exact) mass is 304 g/mol. The summed E-state index contributed by atoms with van der Waals surface area (Å²) < 4.78 is 20.4. The van der Waals surface area contributed by atoms with Crippen molar-refractivity contribution in [1.29, 1.82) is 0 Å². The molecule has 0 saturated carbocycles. The number of aromatic nitrogens is 1. The van der Waals surface area contributed by atoms with E-state index in [1.54, 1.807) is 10.8 Å². The number of hydrogen-bond donors (Lipinski definition) is 1. The van der Waals surface area contributed by atoms with Crippen molar-refractivity contribution in [3.8, 4) is 0 Å². The molecule has 0 unspecified atom stereocenters. The molecule has 1 fully saturated rings. The van der Waals surface area contributed by atoms with Crippen LogP contribution in [-0.2, 0) is 16.1 Å². The summed E-state index contributed by atoms with van der Waals surface area (Å²) in [5, 5.41) is 3.10. The number of hydrogen-bond acceptors (Lipinski definition) is 3. The van der Waals surface area contributed by atoms with Crippen molar-refractivity contribution in [1.82, 2.24) is 9.88 Å². The summed E-state index contributed by atoms with van der Waals surface area (Å²) in [5.41, 5.74) is 0.284. The Hall–Kier alpha value is -2.21. The van der Waals surface area contributed by atoms with Gasteiger partial charge in [-0.3, -0.25) is 9.59 Å². The lowest BCUT2D eigenvalue weighted by Gasteiger charge is -2.13. The molecule has 116 valence electrons. The molecule has 1 N–H and O–H groups in total. The Morgan fingerprint density at radius 2 is 2.27 bits per heavy atom. The third-order valence-corrected chi connectivity index (χ3v) is 3.80. The molecule has 1 amide bonds. The first-order chi connectivity index (χ1) is 10.6. The normalized spacial score (nSPS) is 17.8. The molecule has 0 radical (unpaired) electrons. The predicted octanol–water partition coefficient (Wildman–Crippen LogP) is 1.44. The third-order valence-electron chi connectivity index (χ3n) is 3.80. The number of carbonyl (C=O) groups is 1. The molecule has 0 spiro atoms. The molecule has 22 heavy (non-hydrogen) atoms. The highest BCUT2D eigenvalue weighted by molar-refractivity contribution is 5.82. The van der Waals surface area contributed by atoms with Gasteiger partial charge in [-0.2, -0.15) is 0 Å². The number of fused-ring (bicyclic) bond motifs is 1. The average Bonchev–Trinajstić information content (AvgIpc) is 3.02. The van der Waals surface area contributed by atoms with Gasteiger partial charge in [-0.05, 0) is 31.0 Å². The van der Waals surface area contributed by atoms with Crippen molar-refractivity contribution >= 4 is 16.8 Å². The topological polar surface area (TPSA) is 60.3 Å². The van der Waals surface area contributed by atoms with E-state index in [4.69, 9.17) is 4.74 Å². The number of halogens is 1. The highest BCUT2D eigenvalue weighted by Gasteiger charge is 2.16. The van der Waals surface area contributed by atoms with Crippen LogP contribution in [0.3, 0.4) is 0 Å². The fourth-order valence-corrected chi connectivity index (χ4v) is 2.67. The van der Waals surface area contributed by atoms with Crippen molar-refractivity contribution < 1.29 is 13.9 Å². The Labute approximate surface area is 126 Å². The Morgan fingerprint density at radius 1 is 1.41 bits per heavy atom. The maximum atomic E-state index is 13.3. The molecule has 1 aromatic heterocycles. The minimum atomic E-state index is -0.467. The van der Waals surface area contributed by atoms with Crippen LogP contribution in [0.5, 0.6) is 0 Å². The van der Waals surface area contributed by atoms with E-state index in [1.807, 2.05) is 0 Å². The van der Waals surface area contributed by atoms with Gasteiger partial charge >= 0.3 is 0 Å². The van der Waals surface area contributed by atoms with E-state index >= 15 is 0 Å². The molecule has 1 aliphatic heterocycles. The zero-order valence-corrected chi connectivity index (χ0v) is 12.0. The second kappa shape index (κ2) is 6.27. The van der Waals surface area contributed by atoms with Crippen LogP contribution in [-0.4, -0.2) is 29.7 Å². The van der Waals surface area contributed by atoms with Crippen molar-refractivity contribution in [2.75, 3.05) is 13.2 Å². The first kappa shape index (κ1) is 14.7. The van der Waals surface area contributed by atoms with Crippen molar-refractivity contribution in [3.63, 3.8) is 0 Å². The van der Waals surface area contributed by atoms with E-state index in [0.29, 0.717) is 12.1 Å². The minimum Gasteiger partial charge on any atom is -0.376 e. The maximum Gasteiger partial charge on any atom is 0.240 e. The van der Waals surface area contributed by atoms with Crippen LogP contribution >= 0.6 is 0 Å². The van der Waals surface area contributed by atoms with E-state index in [-0.39, 0.29) is 29.4 Å². The Bertz CT molecular complexity index is 751.